The number of aryl methyl sites for hydroxylation is 1. The summed E-state index contributed by atoms with van der Waals surface area (Å²) in [6.07, 6.45) is 3.71. The molecule has 0 aliphatic heterocycles. The number of nitrogens with zero attached hydrogens (tertiary/aromatic N) is 2. The third kappa shape index (κ3) is 2.80. The summed E-state index contributed by atoms with van der Waals surface area (Å²) in [5, 5.41) is 7.19. The highest BCUT2D eigenvalue weighted by Crippen LogP contribution is 2.21. The van der Waals surface area contributed by atoms with Gasteiger partial charge in [0, 0.05) is 30.9 Å². The number of rotatable bonds is 5. The Hall–Kier alpha value is -2.04. The van der Waals surface area contributed by atoms with Gasteiger partial charge in [0.05, 0.1) is 19.0 Å². The van der Waals surface area contributed by atoms with E-state index in [2.05, 4.69) is 10.4 Å². The number of benzene rings is 1. The minimum Gasteiger partial charge on any atom is -0.497 e. The predicted octanol–water partition coefficient (Wildman–Crippen LogP) is 2.66. The summed E-state index contributed by atoms with van der Waals surface area (Å²) in [5.41, 5.74) is 1.44. The Morgan fingerprint density at radius 3 is 2.94 bits per heavy atom. The molecule has 0 aliphatic rings. The van der Waals surface area contributed by atoms with Crippen molar-refractivity contribution in [2.24, 2.45) is 0 Å². The van der Waals surface area contributed by atoms with Crippen LogP contribution in [0.15, 0.2) is 30.6 Å². The zero-order chi connectivity index (χ0) is 13.0. The Balaban J connectivity index is 2.05. The van der Waals surface area contributed by atoms with Gasteiger partial charge in [-0.25, -0.2) is 4.39 Å². The highest BCUT2D eigenvalue weighted by atomic mass is 19.1. The van der Waals surface area contributed by atoms with Gasteiger partial charge in [-0.2, -0.15) is 5.10 Å². The molecule has 2 rings (SSSR count). The lowest BCUT2D eigenvalue weighted by Crippen LogP contribution is -2.01. The van der Waals surface area contributed by atoms with Crippen molar-refractivity contribution in [1.29, 1.82) is 0 Å². The second kappa shape index (κ2) is 5.53. The molecule has 4 nitrogen and oxygen atoms in total. The molecule has 0 saturated heterocycles. The molecule has 1 heterocycles. The van der Waals surface area contributed by atoms with Crippen LogP contribution in [0.25, 0.3) is 0 Å². The number of anilines is 1. The molecule has 18 heavy (non-hydrogen) atoms. The van der Waals surface area contributed by atoms with Crippen LogP contribution in [0.4, 0.5) is 10.1 Å². The van der Waals surface area contributed by atoms with E-state index in [4.69, 9.17) is 4.74 Å². The molecule has 0 radical (unpaired) electrons. The maximum atomic E-state index is 13.5. The van der Waals surface area contributed by atoms with Gasteiger partial charge in [-0.3, -0.25) is 4.68 Å². The molecular weight excluding hydrogens is 233 g/mol. The summed E-state index contributed by atoms with van der Waals surface area (Å²) < 4.78 is 20.4. The average molecular weight is 249 g/mol. The Labute approximate surface area is 105 Å². The van der Waals surface area contributed by atoms with E-state index >= 15 is 0 Å². The van der Waals surface area contributed by atoms with Gasteiger partial charge >= 0.3 is 0 Å². The zero-order valence-electron chi connectivity index (χ0n) is 10.5. The molecule has 1 aromatic carbocycles. The fourth-order valence-corrected chi connectivity index (χ4v) is 1.63. The molecule has 0 aliphatic carbocycles. The van der Waals surface area contributed by atoms with Gasteiger partial charge in [-0.1, -0.05) is 0 Å². The number of nitrogens with one attached hydrogen (secondary N) is 1. The number of hydrogen-bond acceptors (Lipinski definition) is 3. The Kier molecular flexibility index (Phi) is 3.82. The summed E-state index contributed by atoms with van der Waals surface area (Å²) in [6.45, 7) is 3.38. The largest absolute Gasteiger partial charge is 0.497 e. The van der Waals surface area contributed by atoms with E-state index in [1.165, 1.54) is 6.07 Å². The lowest BCUT2D eigenvalue weighted by atomic mass is 10.2. The van der Waals surface area contributed by atoms with Crippen LogP contribution in [0.3, 0.4) is 0 Å². The van der Waals surface area contributed by atoms with Gasteiger partial charge in [0.15, 0.2) is 0 Å². The molecule has 0 unspecified atom stereocenters. The van der Waals surface area contributed by atoms with E-state index < -0.39 is 0 Å². The monoisotopic (exact) mass is 249 g/mol. The Morgan fingerprint density at radius 2 is 2.28 bits per heavy atom. The van der Waals surface area contributed by atoms with Crippen molar-refractivity contribution in [2.45, 2.75) is 20.0 Å². The van der Waals surface area contributed by atoms with E-state index in [0.29, 0.717) is 18.0 Å². The highest BCUT2D eigenvalue weighted by Gasteiger charge is 2.04. The molecule has 0 fully saturated rings. The van der Waals surface area contributed by atoms with Crippen molar-refractivity contribution in [1.82, 2.24) is 9.78 Å². The fraction of sp³-hybridized carbons (Fsp3) is 0.308. The predicted molar refractivity (Wildman–Crippen MR) is 68.2 cm³/mol. The Bertz CT molecular complexity index is 525. The number of aromatic nitrogens is 2. The van der Waals surface area contributed by atoms with Crippen LogP contribution in [0.1, 0.15) is 12.5 Å². The summed E-state index contributed by atoms with van der Waals surface area (Å²) in [6, 6.07) is 4.62. The van der Waals surface area contributed by atoms with Crippen molar-refractivity contribution in [3.05, 3.63) is 42.0 Å². The first-order valence-corrected chi connectivity index (χ1v) is 5.81. The van der Waals surface area contributed by atoms with Gasteiger partial charge in [0.2, 0.25) is 0 Å². The van der Waals surface area contributed by atoms with Crippen LogP contribution >= 0.6 is 0 Å². The first-order chi connectivity index (χ1) is 8.72. The average Bonchev–Trinajstić information content (AvgIpc) is 2.86. The topological polar surface area (TPSA) is 39.1 Å². The van der Waals surface area contributed by atoms with Crippen LogP contribution in [0.2, 0.25) is 0 Å². The van der Waals surface area contributed by atoms with Crippen LogP contribution < -0.4 is 10.1 Å². The number of hydrogen-bond donors (Lipinski definition) is 1. The summed E-state index contributed by atoms with van der Waals surface area (Å²) >= 11 is 0. The van der Waals surface area contributed by atoms with E-state index in [0.717, 1.165) is 12.1 Å². The van der Waals surface area contributed by atoms with Crippen molar-refractivity contribution in [2.75, 3.05) is 12.4 Å². The van der Waals surface area contributed by atoms with Crippen molar-refractivity contribution in [3.8, 4) is 5.75 Å². The van der Waals surface area contributed by atoms with Crippen molar-refractivity contribution >= 4 is 5.69 Å². The lowest BCUT2D eigenvalue weighted by Gasteiger charge is -2.08. The minimum atomic E-state index is -0.293. The molecule has 1 N–H and O–H groups in total. The first-order valence-electron chi connectivity index (χ1n) is 5.81. The van der Waals surface area contributed by atoms with Crippen LogP contribution in [0.5, 0.6) is 5.75 Å². The second-order valence-corrected chi connectivity index (χ2v) is 3.90. The Morgan fingerprint density at radius 1 is 1.44 bits per heavy atom. The van der Waals surface area contributed by atoms with E-state index in [1.54, 1.807) is 25.4 Å². The van der Waals surface area contributed by atoms with Crippen molar-refractivity contribution in [3.63, 3.8) is 0 Å². The molecule has 0 saturated carbocycles. The van der Waals surface area contributed by atoms with Gasteiger partial charge < -0.3 is 10.1 Å². The van der Waals surface area contributed by atoms with E-state index in [9.17, 15) is 4.39 Å². The molecule has 0 bridgehead atoms. The zero-order valence-corrected chi connectivity index (χ0v) is 10.5. The molecular formula is C13H16FN3O. The maximum absolute atomic E-state index is 13.5. The minimum absolute atomic E-state index is 0.293. The standard InChI is InChI=1S/C13H16FN3O/c1-3-17-9-10(8-16-17)7-15-13-6-11(18-2)4-5-12(13)14/h4-6,8-9,15H,3,7H2,1-2H3. The van der Waals surface area contributed by atoms with Crippen molar-refractivity contribution < 1.29 is 9.13 Å². The van der Waals surface area contributed by atoms with Gasteiger partial charge in [-0.05, 0) is 19.1 Å². The summed E-state index contributed by atoms with van der Waals surface area (Å²) in [5.74, 6) is 0.335. The maximum Gasteiger partial charge on any atom is 0.146 e. The summed E-state index contributed by atoms with van der Waals surface area (Å²) in [7, 11) is 1.56. The molecule has 96 valence electrons. The quantitative estimate of drug-likeness (QED) is 0.885. The molecule has 5 heteroatoms. The molecule has 0 spiro atoms. The van der Waals surface area contributed by atoms with Crippen LogP contribution in [0, 0.1) is 5.82 Å². The van der Waals surface area contributed by atoms with Crippen LogP contribution in [-0.2, 0) is 13.1 Å². The van der Waals surface area contributed by atoms with Gasteiger partial charge in [0.1, 0.15) is 11.6 Å². The lowest BCUT2D eigenvalue weighted by molar-refractivity contribution is 0.414. The third-order valence-electron chi connectivity index (χ3n) is 2.67. The molecule has 0 atom stereocenters. The number of halogens is 1. The second-order valence-electron chi connectivity index (χ2n) is 3.90. The van der Waals surface area contributed by atoms with E-state index in [1.807, 2.05) is 17.8 Å². The molecule has 1 aromatic heterocycles. The normalized spacial score (nSPS) is 10.4. The SMILES string of the molecule is CCn1cc(CNc2cc(OC)ccc2F)cn1. The van der Waals surface area contributed by atoms with Gasteiger partial charge in [0.25, 0.3) is 0 Å². The summed E-state index contributed by atoms with van der Waals surface area (Å²) in [4.78, 5) is 0. The highest BCUT2D eigenvalue weighted by molar-refractivity contribution is 5.49. The van der Waals surface area contributed by atoms with E-state index in [-0.39, 0.29) is 5.82 Å². The number of ether oxygens (including phenoxy) is 1. The first kappa shape index (κ1) is 12.4. The molecule has 0 amide bonds. The van der Waals surface area contributed by atoms with Crippen LogP contribution in [-0.4, -0.2) is 16.9 Å². The number of methoxy groups -OCH3 is 1. The molecule has 2 aromatic rings. The smallest absolute Gasteiger partial charge is 0.146 e. The van der Waals surface area contributed by atoms with Gasteiger partial charge in [-0.15, -0.1) is 0 Å². The third-order valence-corrected chi connectivity index (χ3v) is 2.67. The fourth-order valence-electron chi connectivity index (χ4n) is 1.63.